The van der Waals surface area contributed by atoms with Crippen LogP contribution in [0.15, 0.2) is 33.7 Å². The lowest BCUT2D eigenvalue weighted by atomic mass is 10.3. The van der Waals surface area contributed by atoms with Gasteiger partial charge in [0.1, 0.15) is 0 Å². The first kappa shape index (κ1) is 17.5. The molecule has 23 heavy (non-hydrogen) atoms. The lowest BCUT2D eigenvalue weighted by Gasteiger charge is -2.06. The van der Waals surface area contributed by atoms with Gasteiger partial charge in [-0.25, -0.2) is 8.42 Å². The van der Waals surface area contributed by atoms with Crippen LogP contribution in [0, 0.1) is 6.92 Å². The van der Waals surface area contributed by atoms with Crippen LogP contribution >= 0.6 is 11.8 Å². The number of rotatable bonds is 7. The predicted octanol–water partition coefficient (Wildman–Crippen LogP) is 2.04. The molecule has 0 aliphatic carbocycles. The van der Waals surface area contributed by atoms with Crippen LogP contribution in [-0.4, -0.2) is 36.0 Å². The van der Waals surface area contributed by atoms with Gasteiger partial charge in [-0.1, -0.05) is 12.1 Å². The van der Waals surface area contributed by atoms with E-state index in [0.717, 1.165) is 0 Å². The Kier molecular flexibility index (Phi) is 5.78. The molecule has 1 N–H and O–H groups in total. The molecule has 0 fully saturated rings. The molecule has 1 amide bonds. The van der Waals surface area contributed by atoms with Crippen molar-refractivity contribution < 1.29 is 17.7 Å². The molecule has 1 aromatic heterocycles. The summed E-state index contributed by atoms with van der Waals surface area (Å²) in [7, 11) is -3.23. The van der Waals surface area contributed by atoms with Crippen molar-refractivity contribution in [3.8, 4) is 0 Å². The van der Waals surface area contributed by atoms with Gasteiger partial charge < -0.3 is 9.84 Å². The molecular weight excluding hydrogens is 338 g/mol. The van der Waals surface area contributed by atoms with Crippen LogP contribution in [-0.2, 0) is 20.4 Å². The van der Waals surface area contributed by atoms with Gasteiger partial charge in [0.25, 0.3) is 0 Å². The minimum absolute atomic E-state index is 0.0465. The van der Waals surface area contributed by atoms with Gasteiger partial charge in [-0.15, -0.1) is 11.8 Å². The molecule has 0 spiro atoms. The summed E-state index contributed by atoms with van der Waals surface area (Å²) in [6.45, 7) is 3.30. The molecule has 2 rings (SSSR count). The number of thioether (sulfide) groups is 1. The third-order valence-corrected chi connectivity index (χ3v) is 5.59. The zero-order valence-electron chi connectivity index (χ0n) is 12.8. The maximum atomic E-state index is 11.8. The third-order valence-electron chi connectivity index (χ3n) is 2.91. The number of nitrogens with one attached hydrogen (secondary N) is 1. The number of aromatic nitrogens is 2. The summed E-state index contributed by atoms with van der Waals surface area (Å²) in [5, 5.41) is 6.45. The van der Waals surface area contributed by atoms with Gasteiger partial charge in [-0.3, -0.25) is 4.79 Å². The van der Waals surface area contributed by atoms with E-state index in [1.807, 2.05) is 0 Å². The van der Waals surface area contributed by atoms with Gasteiger partial charge >= 0.3 is 0 Å². The number of aryl methyl sites for hydroxylation is 1. The second-order valence-corrected chi connectivity index (χ2v) is 7.96. The van der Waals surface area contributed by atoms with Crippen molar-refractivity contribution in [2.45, 2.75) is 24.5 Å². The zero-order chi connectivity index (χ0) is 16.9. The van der Waals surface area contributed by atoms with Gasteiger partial charge in [-0.05, 0) is 24.3 Å². The number of sulfone groups is 1. The summed E-state index contributed by atoms with van der Waals surface area (Å²) >= 11 is 1.37. The molecule has 0 saturated heterocycles. The van der Waals surface area contributed by atoms with E-state index in [-0.39, 0.29) is 22.3 Å². The minimum Gasteiger partial charge on any atom is -0.340 e. The summed E-state index contributed by atoms with van der Waals surface area (Å²) in [5.41, 5.74) is 0.557. The van der Waals surface area contributed by atoms with E-state index in [1.165, 1.54) is 23.9 Å². The van der Waals surface area contributed by atoms with Crippen molar-refractivity contribution in [3.05, 3.63) is 36.0 Å². The number of hydrogen-bond donors (Lipinski definition) is 1. The summed E-state index contributed by atoms with van der Waals surface area (Å²) in [6.07, 6.45) is 0. The Hall–Kier alpha value is -1.87. The lowest BCUT2D eigenvalue weighted by Crippen LogP contribution is -2.14. The van der Waals surface area contributed by atoms with Crippen molar-refractivity contribution in [2.75, 3.05) is 16.8 Å². The van der Waals surface area contributed by atoms with Gasteiger partial charge in [0, 0.05) is 12.6 Å². The van der Waals surface area contributed by atoms with Crippen molar-refractivity contribution in [3.63, 3.8) is 0 Å². The summed E-state index contributed by atoms with van der Waals surface area (Å²) in [4.78, 5) is 16.1. The number of anilines is 1. The van der Waals surface area contributed by atoms with Crippen LogP contribution in [0.5, 0.6) is 0 Å². The lowest BCUT2D eigenvalue weighted by molar-refractivity contribution is -0.113. The number of carbonyl (C=O) groups is 1. The number of nitrogens with zero attached hydrogens (tertiary/aromatic N) is 2. The van der Waals surface area contributed by atoms with Gasteiger partial charge in [0.2, 0.25) is 11.8 Å². The fraction of sp³-hybridized carbons (Fsp3) is 0.357. The quantitative estimate of drug-likeness (QED) is 0.811. The first-order valence-corrected chi connectivity index (χ1v) is 9.71. The van der Waals surface area contributed by atoms with Crippen LogP contribution in [0.2, 0.25) is 0 Å². The molecule has 0 aliphatic heterocycles. The monoisotopic (exact) mass is 355 g/mol. The molecule has 9 heteroatoms. The fourth-order valence-electron chi connectivity index (χ4n) is 1.74. The van der Waals surface area contributed by atoms with Gasteiger partial charge in [-0.2, -0.15) is 4.98 Å². The van der Waals surface area contributed by atoms with E-state index < -0.39 is 9.84 Å². The maximum Gasteiger partial charge on any atom is 0.234 e. The smallest absolute Gasteiger partial charge is 0.234 e. The van der Waals surface area contributed by atoms with Crippen molar-refractivity contribution >= 4 is 33.2 Å². The normalized spacial score (nSPS) is 11.4. The number of benzene rings is 1. The number of amides is 1. The Bertz CT molecular complexity index is 770. The van der Waals surface area contributed by atoms with Crippen molar-refractivity contribution in [1.82, 2.24) is 10.1 Å². The second kappa shape index (κ2) is 7.60. The molecule has 1 heterocycles. The highest BCUT2D eigenvalue weighted by molar-refractivity contribution is 7.99. The van der Waals surface area contributed by atoms with Crippen molar-refractivity contribution in [2.24, 2.45) is 0 Å². The minimum atomic E-state index is -3.23. The first-order valence-electron chi connectivity index (χ1n) is 6.90. The number of hydrogen-bond acceptors (Lipinski definition) is 7. The zero-order valence-corrected chi connectivity index (χ0v) is 14.4. The molecule has 124 valence electrons. The average Bonchev–Trinajstić information content (AvgIpc) is 2.93. The Labute approximate surface area is 138 Å². The largest absolute Gasteiger partial charge is 0.340 e. The highest BCUT2D eigenvalue weighted by atomic mass is 32.2. The third kappa shape index (κ3) is 5.07. The standard InChI is InChI=1S/C14H17N3O4S2/c1-3-23(19,20)12-6-4-11(5-7-12)16-14(18)9-22-8-13-15-10(2)21-17-13/h4-7H,3,8-9H2,1-2H3,(H,16,18). The highest BCUT2D eigenvalue weighted by Gasteiger charge is 2.11. The van der Waals surface area contributed by atoms with E-state index in [9.17, 15) is 13.2 Å². The Morgan fingerprint density at radius 1 is 1.30 bits per heavy atom. The summed E-state index contributed by atoms with van der Waals surface area (Å²) in [6, 6.07) is 6.13. The first-order chi connectivity index (χ1) is 10.9. The molecule has 7 nitrogen and oxygen atoms in total. The molecule has 0 atom stereocenters. The van der Waals surface area contributed by atoms with Gasteiger partial charge in [0.05, 0.1) is 22.2 Å². The Morgan fingerprint density at radius 2 is 2.00 bits per heavy atom. The molecule has 0 bridgehead atoms. The second-order valence-electron chi connectivity index (χ2n) is 4.70. The van der Waals surface area contributed by atoms with E-state index in [2.05, 4.69) is 15.5 Å². The van der Waals surface area contributed by atoms with E-state index in [1.54, 1.807) is 26.0 Å². The molecule has 0 unspecified atom stereocenters. The average molecular weight is 355 g/mol. The Morgan fingerprint density at radius 3 is 2.57 bits per heavy atom. The number of carbonyl (C=O) groups excluding carboxylic acids is 1. The van der Waals surface area contributed by atoms with Crippen LogP contribution in [0.25, 0.3) is 0 Å². The predicted molar refractivity (Wildman–Crippen MR) is 88.0 cm³/mol. The summed E-state index contributed by atoms with van der Waals surface area (Å²) < 4.78 is 28.2. The van der Waals surface area contributed by atoms with Crippen LogP contribution in [0.1, 0.15) is 18.6 Å². The Balaban J connectivity index is 1.83. The molecule has 0 radical (unpaired) electrons. The topological polar surface area (TPSA) is 102 Å². The maximum absolute atomic E-state index is 11.8. The van der Waals surface area contributed by atoms with E-state index >= 15 is 0 Å². The molecular formula is C14H17N3O4S2. The van der Waals surface area contributed by atoms with Crippen LogP contribution in [0.4, 0.5) is 5.69 Å². The van der Waals surface area contributed by atoms with E-state index in [0.29, 0.717) is 23.2 Å². The van der Waals surface area contributed by atoms with Crippen LogP contribution in [0.3, 0.4) is 0 Å². The molecule has 2 aromatic rings. The van der Waals surface area contributed by atoms with Crippen LogP contribution < -0.4 is 5.32 Å². The molecule has 1 aromatic carbocycles. The fourth-order valence-corrected chi connectivity index (χ4v) is 3.29. The highest BCUT2D eigenvalue weighted by Crippen LogP contribution is 2.16. The van der Waals surface area contributed by atoms with Crippen molar-refractivity contribution in [1.29, 1.82) is 0 Å². The van der Waals surface area contributed by atoms with E-state index in [4.69, 9.17) is 4.52 Å². The molecule has 0 saturated carbocycles. The summed E-state index contributed by atoms with van der Waals surface area (Å²) in [5.74, 6) is 1.63. The molecule has 0 aliphatic rings. The SMILES string of the molecule is CCS(=O)(=O)c1ccc(NC(=O)CSCc2noc(C)n2)cc1. The van der Waals surface area contributed by atoms with Gasteiger partial charge in [0.15, 0.2) is 15.7 Å².